The van der Waals surface area contributed by atoms with Gasteiger partial charge in [0.25, 0.3) is 0 Å². The van der Waals surface area contributed by atoms with Crippen LogP contribution in [0.3, 0.4) is 0 Å². The molecule has 7 heteroatoms. The van der Waals surface area contributed by atoms with Crippen LogP contribution in [0.4, 0.5) is 11.8 Å². The maximum atomic E-state index is 5.96. The van der Waals surface area contributed by atoms with Gasteiger partial charge in [0.15, 0.2) is 0 Å². The van der Waals surface area contributed by atoms with E-state index in [1.54, 1.807) is 17.5 Å². The van der Waals surface area contributed by atoms with Gasteiger partial charge in [-0.25, -0.2) is 4.98 Å². The van der Waals surface area contributed by atoms with Crippen LogP contribution in [0, 0.1) is 0 Å². The molecule has 0 radical (unpaired) electrons. The van der Waals surface area contributed by atoms with E-state index < -0.39 is 0 Å². The summed E-state index contributed by atoms with van der Waals surface area (Å²) in [5.41, 5.74) is 0. The highest BCUT2D eigenvalue weighted by molar-refractivity contribution is 9.10. The molecule has 1 N–H and O–H groups in total. The molecule has 0 spiro atoms. The molecule has 4 nitrogen and oxygen atoms in total. The minimum Gasteiger partial charge on any atom is -0.354 e. The van der Waals surface area contributed by atoms with Crippen molar-refractivity contribution in [3.63, 3.8) is 0 Å². The van der Waals surface area contributed by atoms with E-state index >= 15 is 0 Å². The van der Waals surface area contributed by atoms with Crippen LogP contribution in [0.5, 0.6) is 0 Å². The molecule has 0 aliphatic heterocycles. The van der Waals surface area contributed by atoms with E-state index in [1.807, 2.05) is 19.2 Å². The second-order valence-electron chi connectivity index (χ2n) is 4.35. The lowest BCUT2D eigenvalue weighted by Crippen LogP contribution is -2.18. The number of anilines is 2. The van der Waals surface area contributed by atoms with Gasteiger partial charge in [-0.3, -0.25) is 0 Å². The Labute approximate surface area is 136 Å². The number of nitrogens with one attached hydrogen (secondary N) is 1. The van der Waals surface area contributed by atoms with E-state index in [1.165, 1.54) is 4.88 Å². The lowest BCUT2D eigenvalue weighted by molar-refractivity contribution is 0.890. The molecule has 0 unspecified atom stereocenters. The Balaban J connectivity index is 2.13. The summed E-state index contributed by atoms with van der Waals surface area (Å²) in [5, 5.41) is 3.20. The fraction of sp³-hybridized carbons (Fsp3) is 0.385. The molecule has 0 aliphatic rings. The molecule has 2 heterocycles. The van der Waals surface area contributed by atoms with Gasteiger partial charge in [-0.2, -0.15) is 4.98 Å². The minimum absolute atomic E-state index is 0.654. The van der Waals surface area contributed by atoms with E-state index in [2.05, 4.69) is 43.0 Å². The number of thiophene rings is 1. The van der Waals surface area contributed by atoms with Crippen molar-refractivity contribution in [3.8, 4) is 0 Å². The Morgan fingerprint density at radius 1 is 1.45 bits per heavy atom. The van der Waals surface area contributed by atoms with Crippen molar-refractivity contribution in [2.75, 3.05) is 23.8 Å². The van der Waals surface area contributed by atoms with Gasteiger partial charge in [-0.15, -0.1) is 11.3 Å². The molecule has 108 valence electrons. The zero-order chi connectivity index (χ0) is 14.5. The Morgan fingerprint density at radius 3 is 2.90 bits per heavy atom. The van der Waals surface area contributed by atoms with Crippen LogP contribution in [-0.4, -0.2) is 23.6 Å². The second-order valence-corrected chi connectivity index (χ2v) is 7.01. The van der Waals surface area contributed by atoms with Gasteiger partial charge in [0.05, 0.1) is 15.4 Å². The molecule has 0 atom stereocenters. The largest absolute Gasteiger partial charge is 0.354 e. The van der Waals surface area contributed by atoms with Gasteiger partial charge >= 0.3 is 0 Å². The van der Waals surface area contributed by atoms with E-state index in [4.69, 9.17) is 11.6 Å². The molecule has 0 aromatic carbocycles. The third-order valence-corrected chi connectivity index (χ3v) is 4.42. The summed E-state index contributed by atoms with van der Waals surface area (Å²) in [7, 11) is 2.00. The summed E-state index contributed by atoms with van der Waals surface area (Å²) in [6, 6.07) is 3.95. The van der Waals surface area contributed by atoms with Crippen LogP contribution in [0.1, 0.15) is 18.2 Å². The monoisotopic (exact) mass is 374 g/mol. The van der Waals surface area contributed by atoms with Gasteiger partial charge in [0.1, 0.15) is 5.82 Å². The van der Waals surface area contributed by atoms with Crippen LogP contribution in [0.2, 0.25) is 4.34 Å². The van der Waals surface area contributed by atoms with E-state index in [9.17, 15) is 0 Å². The van der Waals surface area contributed by atoms with Gasteiger partial charge < -0.3 is 10.2 Å². The van der Waals surface area contributed by atoms with Crippen molar-refractivity contribution in [2.45, 2.75) is 19.9 Å². The third-order valence-electron chi connectivity index (χ3n) is 2.64. The molecule has 2 rings (SSSR count). The fourth-order valence-electron chi connectivity index (χ4n) is 1.69. The van der Waals surface area contributed by atoms with Crippen LogP contribution in [-0.2, 0) is 6.54 Å². The average molecular weight is 376 g/mol. The molecule has 0 fully saturated rings. The smallest absolute Gasteiger partial charge is 0.224 e. The van der Waals surface area contributed by atoms with E-state index in [-0.39, 0.29) is 0 Å². The van der Waals surface area contributed by atoms with Gasteiger partial charge in [0.2, 0.25) is 5.95 Å². The quantitative estimate of drug-likeness (QED) is 0.812. The Morgan fingerprint density at radius 2 is 2.25 bits per heavy atom. The zero-order valence-corrected chi connectivity index (χ0v) is 14.5. The summed E-state index contributed by atoms with van der Waals surface area (Å²) in [5.74, 6) is 1.52. The summed E-state index contributed by atoms with van der Waals surface area (Å²) in [6.45, 7) is 3.74. The SMILES string of the molecule is CCCNc1ncc(Br)c(N(C)Cc2ccc(Cl)s2)n1. The van der Waals surface area contributed by atoms with Crippen LogP contribution in [0.15, 0.2) is 22.8 Å². The topological polar surface area (TPSA) is 41.1 Å². The first-order chi connectivity index (χ1) is 9.60. The van der Waals surface area contributed by atoms with Crippen LogP contribution >= 0.6 is 38.9 Å². The lowest BCUT2D eigenvalue weighted by Gasteiger charge is -2.19. The summed E-state index contributed by atoms with van der Waals surface area (Å²) in [4.78, 5) is 12.1. The molecule has 0 saturated heterocycles. The number of halogens is 2. The van der Waals surface area contributed by atoms with Gasteiger partial charge in [-0.1, -0.05) is 18.5 Å². The van der Waals surface area contributed by atoms with Gasteiger partial charge in [-0.05, 0) is 34.5 Å². The van der Waals surface area contributed by atoms with Crippen molar-refractivity contribution in [3.05, 3.63) is 32.0 Å². The second kappa shape index (κ2) is 7.24. The third kappa shape index (κ3) is 4.07. The Kier molecular flexibility index (Phi) is 5.63. The summed E-state index contributed by atoms with van der Waals surface area (Å²) < 4.78 is 1.69. The molecular formula is C13H16BrClN4S. The standard InChI is InChI=1S/C13H16BrClN4S/c1-3-6-16-13-17-7-10(14)12(18-13)19(2)8-9-4-5-11(15)20-9/h4-5,7H,3,6,8H2,1-2H3,(H,16,17,18). The lowest BCUT2D eigenvalue weighted by atomic mass is 10.4. The van der Waals surface area contributed by atoms with Gasteiger partial charge in [0, 0.05) is 24.7 Å². The first-order valence-electron chi connectivity index (χ1n) is 6.32. The van der Waals surface area contributed by atoms with Crippen molar-refractivity contribution >= 4 is 50.6 Å². The molecule has 0 aliphatic carbocycles. The molecule has 20 heavy (non-hydrogen) atoms. The Bertz CT molecular complexity index is 575. The first-order valence-corrected chi connectivity index (χ1v) is 8.30. The predicted octanol–water partition coefficient (Wildman–Crippen LogP) is 4.41. The van der Waals surface area contributed by atoms with Crippen LogP contribution < -0.4 is 10.2 Å². The predicted molar refractivity (Wildman–Crippen MR) is 89.9 cm³/mol. The Hall–Kier alpha value is -0.850. The average Bonchev–Trinajstić information content (AvgIpc) is 2.83. The van der Waals surface area contributed by atoms with Crippen molar-refractivity contribution in [1.29, 1.82) is 0 Å². The number of hydrogen-bond donors (Lipinski definition) is 1. The van der Waals surface area contributed by atoms with Crippen molar-refractivity contribution < 1.29 is 0 Å². The fourth-order valence-corrected chi connectivity index (χ4v) is 3.33. The molecule has 2 aromatic heterocycles. The maximum Gasteiger partial charge on any atom is 0.224 e. The highest BCUT2D eigenvalue weighted by Gasteiger charge is 2.11. The van der Waals surface area contributed by atoms with Crippen LogP contribution in [0.25, 0.3) is 0 Å². The normalized spacial score (nSPS) is 10.6. The number of nitrogens with zero attached hydrogens (tertiary/aromatic N) is 3. The maximum absolute atomic E-state index is 5.96. The van der Waals surface area contributed by atoms with E-state index in [0.717, 1.165) is 34.1 Å². The van der Waals surface area contributed by atoms with Crippen molar-refractivity contribution in [1.82, 2.24) is 9.97 Å². The van der Waals surface area contributed by atoms with E-state index in [0.29, 0.717) is 5.95 Å². The highest BCUT2D eigenvalue weighted by atomic mass is 79.9. The molecular weight excluding hydrogens is 360 g/mol. The number of hydrogen-bond acceptors (Lipinski definition) is 5. The molecule has 2 aromatic rings. The molecule has 0 bridgehead atoms. The van der Waals surface area contributed by atoms with Crippen molar-refractivity contribution in [2.24, 2.45) is 0 Å². The molecule has 0 amide bonds. The molecule has 0 saturated carbocycles. The number of rotatable bonds is 6. The summed E-state index contributed by atoms with van der Waals surface area (Å²) in [6.07, 6.45) is 2.82. The minimum atomic E-state index is 0.654. The summed E-state index contributed by atoms with van der Waals surface area (Å²) >= 11 is 11.0. The highest BCUT2D eigenvalue weighted by Crippen LogP contribution is 2.27. The zero-order valence-electron chi connectivity index (χ0n) is 11.4. The number of aromatic nitrogens is 2. The first kappa shape index (κ1) is 15.5.